The third-order valence-electron chi connectivity index (χ3n) is 1.82. The molecule has 0 aliphatic rings. The highest BCUT2D eigenvalue weighted by atomic mass is 15.1. The van der Waals surface area contributed by atoms with E-state index in [0.29, 0.717) is 6.42 Å². The number of nitrogens with two attached hydrogens (primary N) is 1. The Kier molecular flexibility index (Phi) is 8.09. The van der Waals surface area contributed by atoms with Gasteiger partial charge in [0, 0.05) is 6.42 Å². The van der Waals surface area contributed by atoms with Gasteiger partial charge in [-0.3, -0.25) is 0 Å². The Morgan fingerprint density at radius 1 is 1.25 bits per heavy atom. The molecule has 0 aliphatic heterocycles. The molecule has 0 spiro atoms. The van der Waals surface area contributed by atoms with Gasteiger partial charge < -0.3 is 10.6 Å². The maximum absolute atomic E-state index is 8.29. The van der Waals surface area contributed by atoms with Gasteiger partial charge in [-0.1, -0.05) is 0 Å². The molecule has 12 heavy (non-hydrogen) atoms. The highest BCUT2D eigenvalue weighted by Crippen LogP contribution is 1.96. The van der Waals surface area contributed by atoms with Crippen molar-refractivity contribution in [2.45, 2.75) is 25.7 Å². The lowest BCUT2D eigenvalue weighted by Gasteiger charge is -2.14. The lowest BCUT2D eigenvalue weighted by atomic mass is 10.2. The van der Waals surface area contributed by atoms with Crippen LogP contribution in [0.3, 0.4) is 0 Å². The molecule has 0 aromatic heterocycles. The van der Waals surface area contributed by atoms with Crippen molar-refractivity contribution in [1.29, 1.82) is 5.26 Å². The van der Waals surface area contributed by atoms with Crippen LogP contribution in [-0.4, -0.2) is 31.6 Å². The summed E-state index contributed by atoms with van der Waals surface area (Å²) in [5, 5.41) is 8.29. The molecule has 3 nitrogen and oxygen atoms in total. The Bertz CT molecular complexity index is 128. The van der Waals surface area contributed by atoms with E-state index in [1.54, 1.807) is 0 Å². The Balaban J connectivity index is 3.09. The van der Waals surface area contributed by atoms with Crippen LogP contribution in [0.1, 0.15) is 25.7 Å². The molecule has 3 heteroatoms. The van der Waals surface area contributed by atoms with Crippen molar-refractivity contribution in [1.82, 2.24) is 4.90 Å². The lowest BCUT2D eigenvalue weighted by Crippen LogP contribution is -2.22. The van der Waals surface area contributed by atoms with E-state index in [9.17, 15) is 0 Å². The van der Waals surface area contributed by atoms with Crippen molar-refractivity contribution in [3.8, 4) is 6.07 Å². The summed E-state index contributed by atoms with van der Waals surface area (Å²) in [6.45, 7) is 2.92. The maximum atomic E-state index is 8.29. The predicted octanol–water partition coefficient (Wildman–Crippen LogP) is 0.961. The van der Waals surface area contributed by atoms with Gasteiger partial charge >= 0.3 is 0 Å². The summed E-state index contributed by atoms with van der Waals surface area (Å²) in [6, 6.07) is 2.15. The minimum Gasteiger partial charge on any atom is -0.330 e. The predicted molar refractivity (Wildman–Crippen MR) is 50.6 cm³/mol. The molecule has 0 heterocycles. The van der Waals surface area contributed by atoms with Crippen molar-refractivity contribution >= 4 is 0 Å². The molecule has 0 saturated carbocycles. The first kappa shape index (κ1) is 11.4. The largest absolute Gasteiger partial charge is 0.330 e. The van der Waals surface area contributed by atoms with E-state index in [-0.39, 0.29) is 0 Å². The molecule has 0 aromatic carbocycles. The van der Waals surface area contributed by atoms with Crippen molar-refractivity contribution in [2.75, 3.05) is 26.7 Å². The average molecular weight is 169 g/mol. The van der Waals surface area contributed by atoms with E-state index in [0.717, 1.165) is 38.9 Å². The summed E-state index contributed by atoms with van der Waals surface area (Å²) in [5.74, 6) is 0. The standard InChI is InChI=1S/C9H19N3/c1-12(9-5-7-11)8-4-2-3-6-10/h2-5,7-9,11H2,1H3. The van der Waals surface area contributed by atoms with Crippen molar-refractivity contribution < 1.29 is 0 Å². The molecular formula is C9H19N3. The zero-order chi connectivity index (χ0) is 9.23. The fourth-order valence-electron chi connectivity index (χ4n) is 1.06. The van der Waals surface area contributed by atoms with Gasteiger partial charge in [0.05, 0.1) is 6.07 Å². The summed E-state index contributed by atoms with van der Waals surface area (Å²) in [6.07, 6.45) is 3.89. The molecule has 0 aliphatic carbocycles. The molecule has 0 unspecified atom stereocenters. The molecule has 0 fully saturated rings. The topological polar surface area (TPSA) is 53.0 Å². The van der Waals surface area contributed by atoms with E-state index in [1.807, 2.05) is 0 Å². The van der Waals surface area contributed by atoms with Crippen molar-refractivity contribution in [3.63, 3.8) is 0 Å². The molecular weight excluding hydrogens is 150 g/mol. The minimum atomic E-state index is 0.685. The second-order valence-corrected chi connectivity index (χ2v) is 3.06. The number of nitriles is 1. The first-order valence-electron chi connectivity index (χ1n) is 4.57. The lowest BCUT2D eigenvalue weighted by molar-refractivity contribution is 0.324. The van der Waals surface area contributed by atoms with Gasteiger partial charge in [-0.25, -0.2) is 0 Å². The third-order valence-corrected chi connectivity index (χ3v) is 1.82. The molecule has 0 bridgehead atoms. The van der Waals surface area contributed by atoms with E-state index >= 15 is 0 Å². The quantitative estimate of drug-likeness (QED) is 0.577. The molecule has 0 atom stereocenters. The van der Waals surface area contributed by atoms with Crippen LogP contribution >= 0.6 is 0 Å². The summed E-state index contributed by atoms with van der Waals surface area (Å²) in [5.41, 5.74) is 5.38. The summed E-state index contributed by atoms with van der Waals surface area (Å²) in [7, 11) is 2.10. The fourth-order valence-corrected chi connectivity index (χ4v) is 1.06. The second kappa shape index (κ2) is 8.51. The Labute approximate surface area is 75.2 Å². The zero-order valence-corrected chi connectivity index (χ0v) is 7.92. The van der Waals surface area contributed by atoms with Gasteiger partial charge in [0.25, 0.3) is 0 Å². The minimum absolute atomic E-state index is 0.685. The molecule has 0 amide bonds. The number of unbranched alkanes of at least 4 members (excludes halogenated alkanes) is 2. The molecule has 0 rings (SSSR count). The Morgan fingerprint density at radius 2 is 1.92 bits per heavy atom. The van der Waals surface area contributed by atoms with E-state index in [2.05, 4.69) is 18.0 Å². The van der Waals surface area contributed by atoms with E-state index in [1.165, 1.54) is 0 Å². The summed E-state index contributed by atoms with van der Waals surface area (Å²) in [4.78, 5) is 2.27. The maximum Gasteiger partial charge on any atom is 0.0621 e. The summed E-state index contributed by atoms with van der Waals surface area (Å²) >= 11 is 0. The first-order valence-corrected chi connectivity index (χ1v) is 4.57. The van der Waals surface area contributed by atoms with Crippen molar-refractivity contribution in [3.05, 3.63) is 0 Å². The average Bonchev–Trinajstić information content (AvgIpc) is 2.09. The van der Waals surface area contributed by atoms with Crippen molar-refractivity contribution in [2.24, 2.45) is 5.73 Å². The third kappa shape index (κ3) is 7.52. The fraction of sp³-hybridized carbons (Fsp3) is 0.889. The molecule has 0 saturated heterocycles. The van der Waals surface area contributed by atoms with Crippen LogP contribution < -0.4 is 5.73 Å². The van der Waals surface area contributed by atoms with Gasteiger partial charge in [-0.05, 0) is 45.9 Å². The monoisotopic (exact) mass is 169 g/mol. The Hall–Kier alpha value is -0.590. The Morgan fingerprint density at radius 3 is 2.50 bits per heavy atom. The highest BCUT2D eigenvalue weighted by Gasteiger charge is 1.96. The first-order chi connectivity index (χ1) is 5.81. The van der Waals surface area contributed by atoms with Crippen LogP contribution in [0.5, 0.6) is 0 Å². The molecule has 0 radical (unpaired) electrons. The second-order valence-electron chi connectivity index (χ2n) is 3.06. The number of hydrogen-bond donors (Lipinski definition) is 1. The summed E-state index contributed by atoms with van der Waals surface area (Å²) < 4.78 is 0. The SMILES string of the molecule is CN(CCCN)CCCCC#N. The van der Waals surface area contributed by atoms with Crippen LogP contribution in [0.2, 0.25) is 0 Å². The van der Waals surface area contributed by atoms with Crippen LogP contribution in [0.4, 0.5) is 0 Å². The van der Waals surface area contributed by atoms with Crippen LogP contribution in [-0.2, 0) is 0 Å². The van der Waals surface area contributed by atoms with Gasteiger partial charge in [-0.15, -0.1) is 0 Å². The number of nitrogens with zero attached hydrogens (tertiary/aromatic N) is 2. The normalized spacial score (nSPS) is 10.2. The zero-order valence-electron chi connectivity index (χ0n) is 7.92. The van der Waals surface area contributed by atoms with Crippen LogP contribution in [0.25, 0.3) is 0 Å². The molecule has 70 valence electrons. The number of hydrogen-bond acceptors (Lipinski definition) is 3. The highest BCUT2D eigenvalue weighted by molar-refractivity contribution is 4.68. The van der Waals surface area contributed by atoms with Crippen LogP contribution in [0, 0.1) is 11.3 Å². The van der Waals surface area contributed by atoms with Gasteiger partial charge in [0.2, 0.25) is 0 Å². The molecule has 2 N–H and O–H groups in total. The van der Waals surface area contributed by atoms with E-state index < -0.39 is 0 Å². The van der Waals surface area contributed by atoms with Crippen LogP contribution in [0.15, 0.2) is 0 Å². The van der Waals surface area contributed by atoms with E-state index in [4.69, 9.17) is 11.0 Å². The smallest absolute Gasteiger partial charge is 0.0621 e. The van der Waals surface area contributed by atoms with Gasteiger partial charge in [0.1, 0.15) is 0 Å². The molecule has 0 aromatic rings. The van der Waals surface area contributed by atoms with Gasteiger partial charge in [-0.2, -0.15) is 5.26 Å². The number of rotatable bonds is 7. The van der Waals surface area contributed by atoms with Gasteiger partial charge in [0.15, 0.2) is 0 Å².